The van der Waals surface area contributed by atoms with Crippen molar-refractivity contribution in [2.45, 2.75) is 97.3 Å². The highest BCUT2D eigenvalue weighted by Gasteiger charge is 2.25. The zero-order valence-corrected chi connectivity index (χ0v) is 51.7. The summed E-state index contributed by atoms with van der Waals surface area (Å²) in [5, 5.41) is 43.6. The molecule has 462 valence electrons. The van der Waals surface area contributed by atoms with Crippen LogP contribution in [0.15, 0.2) is 97.6 Å². The quantitative estimate of drug-likeness (QED) is 0.130. The number of hydrogen-bond acceptors (Lipinski definition) is 15. The molecule has 0 radical (unpaired) electrons. The van der Waals surface area contributed by atoms with E-state index >= 15 is 8.78 Å². The van der Waals surface area contributed by atoms with Crippen molar-refractivity contribution >= 4 is 49.7 Å². The smallest absolute Gasteiger partial charge is 0.173 e. The molecular weight excluding hydrogens is 1140 g/mol. The molecule has 0 amide bonds. The van der Waals surface area contributed by atoms with Gasteiger partial charge in [0.25, 0.3) is 0 Å². The Labute approximate surface area is 518 Å². The van der Waals surface area contributed by atoms with Crippen LogP contribution in [0.4, 0.5) is 17.6 Å². The molecule has 3 aliphatic heterocycles. The van der Waals surface area contributed by atoms with Crippen LogP contribution in [0.2, 0.25) is 0 Å². The summed E-state index contributed by atoms with van der Waals surface area (Å²) < 4.78 is 64.6. The van der Waals surface area contributed by atoms with Crippen molar-refractivity contribution < 1.29 is 17.6 Å². The van der Waals surface area contributed by atoms with E-state index < -0.39 is 5.82 Å². The van der Waals surface area contributed by atoms with Crippen molar-refractivity contribution in [2.75, 3.05) is 66.5 Å². The summed E-state index contributed by atoms with van der Waals surface area (Å²) in [5.41, 5.74) is 14.5. The van der Waals surface area contributed by atoms with Crippen LogP contribution in [0.25, 0.3) is 83.4 Å². The minimum Gasteiger partial charge on any atom is -0.317 e. The topological polar surface area (TPSA) is 186 Å². The van der Waals surface area contributed by atoms with E-state index in [4.69, 9.17) is 0 Å². The summed E-state index contributed by atoms with van der Waals surface area (Å²) in [5.74, 6) is -0.353. The van der Waals surface area contributed by atoms with Crippen molar-refractivity contribution in [3.8, 4) is 33.8 Å². The third-order valence-electron chi connectivity index (χ3n) is 17.7. The fourth-order valence-corrected chi connectivity index (χ4v) is 12.8. The molecule has 22 heteroatoms. The molecule has 0 aliphatic carbocycles. The number of likely N-dealkylation sites (tertiary alicyclic amines) is 1. The van der Waals surface area contributed by atoms with Gasteiger partial charge in [0.2, 0.25) is 0 Å². The number of aryl methyl sites for hydroxylation is 5. The molecule has 2 N–H and O–H groups in total. The number of imidazole rings is 3. The Morgan fingerprint density at radius 3 is 1.56 bits per heavy atom. The molecule has 3 saturated heterocycles. The molecular formula is C68H72F4N18. The highest BCUT2D eigenvalue weighted by molar-refractivity contribution is 5.86. The van der Waals surface area contributed by atoms with Gasteiger partial charge in [0.05, 0.1) is 74.5 Å². The molecule has 0 spiro atoms. The van der Waals surface area contributed by atoms with Gasteiger partial charge in [0.15, 0.2) is 22.8 Å². The Balaban J connectivity index is 0.000000124. The number of rotatable bonds is 9. The minimum atomic E-state index is -0.450. The van der Waals surface area contributed by atoms with Crippen LogP contribution in [-0.2, 0) is 0 Å². The first-order valence-electron chi connectivity index (χ1n) is 31.1. The third kappa shape index (κ3) is 12.8. The van der Waals surface area contributed by atoms with E-state index in [0.717, 1.165) is 154 Å². The maximum absolute atomic E-state index is 15.2. The SMILES string of the molecule is Cc1cn2cc(-c3cc4c(F)cc(C5CCNCC5)cc4nn3)cc(F)c2n1.Cc1cn2nc(-c3cc(F)c4cc(C5CCCNCC5)nnc4c3)cc(C)c2n1.Cc1cn2nc(-c3cc(F)c4cc(C5CCN(CCN(C)C)CC5)nnc4c3)cc(C)c2n1. The van der Waals surface area contributed by atoms with Gasteiger partial charge >= 0.3 is 0 Å². The molecule has 1 atom stereocenters. The van der Waals surface area contributed by atoms with Crippen LogP contribution in [0.1, 0.15) is 108 Å². The van der Waals surface area contributed by atoms with Crippen LogP contribution < -0.4 is 10.6 Å². The van der Waals surface area contributed by atoms with Gasteiger partial charge in [0.1, 0.15) is 17.5 Å². The van der Waals surface area contributed by atoms with E-state index in [1.165, 1.54) is 6.07 Å². The molecule has 90 heavy (non-hydrogen) atoms. The molecule has 9 aromatic heterocycles. The number of nitrogens with zero attached hydrogens (tertiary/aromatic N) is 16. The summed E-state index contributed by atoms with van der Waals surface area (Å²) in [7, 11) is 4.21. The number of halogens is 4. The highest BCUT2D eigenvalue weighted by Crippen LogP contribution is 2.35. The largest absolute Gasteiger partial charge is 0.317 e. The lowest BCUT2D eigenvalue weighted by Crippen LogP contribution is -2.37. The molecule has 15 rings (SSSR count). The van der Waals surface area contributed by atoms with E-state index in [1.54, 1.807) is 57.0 Å². The summed E-state index contributed by atoms with van der Waals surface area (Å²) in [6, 6.07) is 21.0. The van der Waals surface area contributed by atoms with E-state index in [9.17, 15) is 8.78 Å². The van der Waals surface area contributed by atoms with E-state index in [1.807, 2.05) is 82.6 Å². The Kier molecular flexibility index (Phi) is 17.1. The standard InChI is InChI=1S/C25H30FN7.C22H23FN6.C21H19F2N5/c1-16-11-23(30-33-15-17(2)27-25(16)33)19-12-21(26)20-14-22(28-29-24(20)13-19)18-5-7-32(8-6-18)10-9-31(3)4;1-13-8-20(28-29-12-14(2)25-22(13)29)16-9-18(23)17-11-19(26-27-21(17)10-16)15-4-3-6-24-7-5-15;1-12-10-28-11-15(7-18(23)21(28)25-12)19-9-16-17(22)6-14(8-20(16)27-26-19)13-2-4-24-5-3-13/h11-15,18H,5-10H2,1-4H3;8-12,15,24H,3-7H2,1-2H3;6-11,13,24H,2-5H2,1H3. The van der Waals surface area contributed by atoms with Crippen LogP contribution in [0.3, 0.4) is 0 Å². The van der Waals surface area contributed by atoms with Crippen molar-refractivity contribution in [3.05, 3.63) is 166 Å². The monoisotopic (exact) mass is 1220 g/mol. The van der Waals surface area contributed by atoms with Crippen LogP contribution in [0, 0.1) is 57.9 Å². The highest BCUT2D eigenvalue weighted by atomic mass is 19.1. The Morgan fingerprint density at radius 1 is 0.456 bits per heavy atom. The number of nitrogens with one attached hydrogen (secondary N) is 2. The van der Waals surface area contributed by atoms with Gasteiger partial charge in [-0.25, -0.2) is 41.5 Å². The van der Waals surface area contributed by atoms with Gasteiger partial charge < -0.3 is 24.8 Å². The zero-order valence-electron chi connectivity index (χ0n) is 51.7. The average Bonchev–Trinajstić information content (AvgIpc) is 1.21. The number of aromatic nitrogens is 14. The number of benzene rings is 3. The Hall–Kier alpha value is -8.83. The van der Waals surface area contributed by atoms with Crippen molar-refractivity contribution in [2.24, 2.45) is 0 Å². The van der Waals surface area contributed by atoms with Crippen LogP contribution in [0.5, 0.6) is 0 Å². The number of hydrogen-bond donors (Lipinski definition) is 2. The summed E-state index contributed by atoms with van der Waals surface area (Å²) >= 11 is 0. The number of pyridine rings is 1. The first kappa shape index (κ1) is 60.1. The summed E-state index contributed by atoms with van der Waals surface area (Å²) in [6.07, 6.45) is 14.4. The maximum Gasteiger partial charge on any atom is 0.173 e. The molecule has 18 nitrogen and oxygen atoms in total. The lowest BCUT2D eigenvalue weighted by atomic mass is 9.89. The first-order chi connectivity index (χ1) is 43.5. The predicted octanol–water partition coefficient (Wildman–Crippen LogP) is 11.8. The van der Waals surface area contributed by atoms with Crippen molar-refractivity contribution in [1.82, 2.24) is 89.6 Å². The number of fused-ring (bicyclic) bond motifs is 6. The van der Waals surface area contributed by atoms with E-state index in [2.05, 4.69) is 90.3 Å². The first-order valence-corrected chi connectivity index (χ1v) is 31.1. The minimum absolute atomic E-state index is 0.257. The average molecular weight is 1220 g/mol. The van der Waals surface area contributed by atoms with Crippen LogP contribution in [-0.4, -0.2) is 145 Å². The summed E-state index contributed by atoms with van der Waals surface area (Å²) in [6.45, 7) is 17.8. The van der Waals surface area contributed by atoms with Gasteiger partial charge in [-0.15, -0.1) is 10.2 Å². The normalized spacial score (nSPS) is 16.3. The molecule has 12 aromatic rings. The van der Waals surface area contributed by atoms with E-state index in [-0.39, 0.29) is 23.1 Å². The third-order valence-corrected chi connectivity index (χ3v) is 17.7. The predicted molar refractivity (Wildman–Crippen MR) is 342 cm³/mol. The van der Waals surface area contributed by atoms with Gasteiger partial charge in [-0.05, 0) is 228 Å². The van der Waals surface area contributed by atoms with E-state index in [0.29, 0.717) is 84.2 Å². The molecule has 3 fully saturated rings. The fraction of sp³-hybridized carbons (Fsp3) is 0.368. The van der Waals surface area contributed by atoms with Gasteiger partial charge in [0, 0.05) is 70.2 Å². The molecule has 0 bridgehead atoms. The fourth-order valence-electron chi connectivity index (χ4n) is 12.8. The molecule has 3 aliphatic rings. The zero-order chi connectivity index (χ0) is 62.3. The second-order valence-electron chi connectivity index (χ2n) is 24.7. The van der Waals surface area contributed by atoms with Gasteiger partial charge in [-0.2, -0.15) is 30.6 Å². The molecule has 3 aromatic carbocycles. The molecule has 1 unspecified atom stereocenters. The number of piperidine rings is 2. The van der Waals surface area contributed by atoms with Crippen molar-refractivity contribution in [3.63, 3.8) is 0 Å². The van der Waals surface area contributed by atoms with Gasteiger partial charge in [-0.1, -0.05) is 0 Å². The summed E-state index contributed by atoms with van der Waals surface area (Å²) in [4.78, 5) is 17.8. The van der Waals surface area contributed by atoms with Gasteiger partial charge in [-0.3, -0.25) is 0 Å². The Bertz CT molecular complexity index is 4630. The Morgan fingerprint density at radius 2 is 0.956 bits per heavy atom. The second kappa shape index (κ2) is 25.6. The van der Waals surface area contributed by atoms with Crippen molar-refractivity contribution in [1.29, 1.82) is 0 Å². The molecule has 0 saturated carbocycles. The molecule has 12 heterocycles. The second-order valence-corrected chi connectivity index (χ2v) is 24.7. The number of likely N-dealkylation sites (N-methyl/N-ethyl adjacent to an activating group) is 1. The lowest BCUT2D eigenvalue weighted by Gasteiger charge is -2.32. The lowest BCUT2D eigenvalue weighted by molar-refractivity contribution is 0.192. The maximum atomic E-state index is 15.2. The van der Waals surface area contributed by atoms with Crippen LogP contribution >= 0.6 is 0 Å².